The number of hydrogen-bond acceptors (Lipinski definition) is 4. The first-order valence-electron chi connectivity index (χ1n) is 10.0. The Kier molecular flexibility index (Phi) is 6.37. The molecule has 1 saturated carbocycles. The lowest BCUT2D eigenvalue weighted by molar-refractivity contribution is -0.126. The number of amides is 2. The monoisotopic (exact) mass is 374 g/mol. The van der Waals surface area contributed by atoms with Crippen molar-refractivity contribution in [3.8, 4) is 5.75 Å². The van der Waals surface area contributed by atoms with Gasteiger partial charge in [-0.3, -0.25) is 9.59 Å². The van der Waals surface area contributed by atoms with E-state index in [-0.39, 0.29) is 24.3 Å². The molecule has 0 spiro atoms. The maximum Gasteiger partial charge on any atom is 0.253 e. The van der Waals surface area contributed by atoms with Gasteiger partial charge in [0, 0.05) is 24.7 Å². The molecular weight excluding hydrogens is 344 g/mol. The highest BCUT2D eigenvalue weighted by molar-refractivity contribution is 5.94. The summed E-state index contributed by atoms with van der Waals surface area (Å²) >= 11 is 0. The Morgan fingerprint density at radius 3 is 2.41 bits per heavy atom. The Morgan fingerprint density at radius 1 is 1.19 bits per heavy atom. The van der Waals surface area contributed by atoms with Crippen LogP contribution in [0.4, 0.5) is 0 Å². The smallest absolute Gasteiger partial charge is 0.253 e. The topological polar surface area (TPSA) is 78.9 Å². The van der Waals surface area contributed by atoms with E-state index in [0.717, 1.165) is 44.3 Å². The van der Waals surface area contributed by atoms with Crippen molar-refractivity contribution in [2.75, 3.05) is 19.7 Å². The Morgan fingerprint density at radius 2 is 1.81 bits per heavy atom. The van der Waals surface area contributed by atoms with Crippen LogP contribution in [0.5, 0.6) is 5.75 Å². The fourth-order valence-corrected chi connectivity index (χ4v) is 4.06. The van der Waals surface area contributed by atoms with Crippen molar-refractivity contribution in [2.24, 2.45) is 0 Å². The lowest BCUT2D eigenvalue weighted by atomic mass is 9.96. The summed E-state index contributed by atoms with van der Waals surface area (Å²) in [5.41, 5.74) is -0.154. The third-order valence-corrected chi connectivity index (χ3v) is 5.58. The van der Waals surface area contributed by atoms with E-state index >= 15 is 0 Å². The highest BCUT2D eigenvalue weighted by Gasteiger charge is 2.34. The number of rotatable bonds is 6. The first-order valence-corrected chi connectivity index (χ1v) is 10.0. The van der Waals surface area contributed by atoms with Crippen molar-refractivity contribution in [3.05, 3.63) is 29.8 Å². The Hall–Kier alpha value is -2.08. The van der Waals surface area contributed by atoms with Gasteiger partial charge in [0.25, 0.3) is 5.91 Å². The van der Waals surface area contributed by atoms with Gasteiger partial charge in [-0.15, -0.1) is 0 Å². The number of hydrogen-bond donors (Lipinski definition) is 2. The zero-order valence-electron chi connectivity index (χ0n) is 16.1. The quantitative estimate of drug-likeness (QED) is 0.802. The van der Waals surface area contributed by atoms with Crippen LogP contribution in [0.2, 0.25) is 0 Å². The highest BCUT2D eigenvalue weighted by Crippen LogP contribution is 2.32. The predicted molar refractivity (Wildman–Crippen MR) is 103 cm³/mol. The van der Waals surface area contributed by atoms with Crippen LogP contribution in [0.15, 0.2) is 24.3 Å². The summed E-state index contributed by atoms with van der Waals surface area (Å²) in [6, 6.07) is 7.30. The maximum atomic E-state index is 12.6. The molecule has 0 aromatic heterocycles. The average Bonchev–Trinajstić information content (AvgIpc) is 3.08. The molecule has 2 N–H and O–H groups in total. The summed E-state index contributed by atoms with van der Waals surface area (Å²) in [4.78, 5) is 26.7. The molecule has 3 rings (SSSR count). The van der Waals surface area contributed by atoms with E-state index in [1.807, 2.05) is 24.0 Å². The van der Waals surface area contributed by atoms with Gasteiger partial charge < -0.3 is 20.1 Å². The van der Waals surface area contributed by atoms with Crippen molar-refractivity contribution in [1.82, 2.24) is 10.2 Å². The van der Waals surface area contributed by atoms with Crippen LogP contribution in [0.3, 0.4) is 0 Å². The van der Waals surface area contributed by atoms with Crippen LogP contribution in [-0.4, -0.2) is 53.2 Å². The number of carbonyl (C=O) groups is 2. The lowest BCUT2D eigenvalue weighted by Crippen LogP contribution is -2.47. The number of nitrogens with zero attached hydrogens (tertiary/aromatic N) is 1. The number of nitrogens with one attached hydrogen (secondary N) is 1. The summed E-state index contributed by atoms with van der Waals surface area (Å²) < 4.78 is 5.41. The van der Waals surface area contributed by atoms with Gasteiger partial charge in [0.05, 0.1) is 18.6 Å². The van der Waals surface area contributed by atoms with Crippen molar-refractivity contribution in [1.29, 1.82) is 0 Å². The SMILES string of the molecule is CCOc1ccc(C(=O)N2CCC(NC(=O)CC3(O)CCCC3)CC2)cc1. The molecule has 2 amide bonds. The molecule has 1 aromatic rings. The molecule has 1 heterocycles. The second kappa shape index (κ2) is 8.74. The minimum Gasteiger partial charge on any atom is -0.494 e. The van der Waals surface area contributed by atoms with Gasteiger partial charge in [0.15, 0.2) is 0 Å². The molecule has 27 heavy (non-hydrogen) atoms. The molecule has 0 unspecified atom stereocenters. The number of carbonyl (C=O) groups excluding carboxylic acids is 2. The minimum absolute atomic E-state index is 0.0168. The van der Waals surface area contributed by atoms with E-state index in [1.54, 1.807) is 12.1 Å². The normalized spacial score (nSPS) is 19.7. The molecule has 2 aliphatic rings. The van der Waals surface area contributed by atoms with Gasteiger partial charge in [-0.25, -0.2) is 0 Å². The van der Waals surface area contributed by atoms with Crippen LogP contribution in [0, 0.1) is 0 Å². The molecule has 0 atom stereocenters. The van der Waals surface area contributed by atoms with Gasteiger partial charge in [0.2, 0.25) is 5.91 Å². The first-order chi connectivity index (χ1) is 13.0. The standard InChI is InChI=1S/C21H30N2O4/c1-2-27-18-7-5-16(6-8-18)20(25)23-13-9-17(10-14-23)22-19(24)15-21(26)11-3-4-12-21/h5-8,17,26H,2-4,9-15H2,1H3,(H,22,24). The van der Waals surface area contributed by atoms with E-state index in [4.69, 9.17) is 4.74 Å². The van der Waals surface area contributed by atoms with Crippen molar-refractivity contribution in [3.63, 3.8) is 0 Å². The molecule has 148 valence electrons. The predicted octanol–water partition coefficient (Wildman–Crippen LogP) is 2.50. The molecule has 6 heteroatoms. The van der Waals surface area contributed by atoms with Crippen LogP contribution in [0.25, 0.3) is 0 Å². The fourth-order valence-electron chi connectivity index (χ4n) is 4.06. The van der Waals surface area contributed by atoms with Gasteiger partial charge in [0.1, 0.15) is 5.75 Å². The third-order valence-electron chi connectivity index (χ3n) is 5.58. The average molecular weight is 374 g/mol. The zero-order chi connectivity index (χ0) is 19.3. The third kappa shape index (κ3) is 5.22. The van der Waals surface area contributed by atoms with Crippen molar-refractivity contribution in [2.45, 2.75) is 63.5 Å². The van der Waals surface area contributed by atoms with E-state index in [9.17, 15) is 14.7 Å². The summed E-state index contributed by atoms with van der Waals surface area (Å²) in [5, 5.41) is 13.4. The van der Waals surface area contributed by atoms with Gasteiger partial charge >= 0.3 is 0 Å². The molecule has 2 fully saturated rings. The molecule has 0 bridgehead atoms. The second-order valence-corrected chi connectivity index (χ2v) is 7.70. The largest absolute Gasteiger partial charge is 0.494 e. The van der Waals surface area contributed by atoms with E-state index in [1.165, 1.54) is 0 Å². The number of ether oxygens (including phenoxy) is 1. The molecule has 0 radical (unpaired) electrons. The molecular formula is C21H30N2O4. The lowest BCUT2D eigenvalue weighted by Gasteiger charge is -2.33. The highest BCUT2D eigenvalue weighted by atomic mass is 16.5. The van der Waals surface area contributed by atoms with Gasteiger partial charge in [-0.1, -0.05) is 12.8 Å². The molecule has 1 aliphatic carbocycles. The van der Waals surface area contributed by atoms with Crippen LogP contribution in [0.1, 0.15) is 62.2 Å². The number of likely N-dealkylation sites (tertiary alicyclic amines) is 1. The second-order valence-electron chi connectivity index (χ2n) is 7.70. The van der Waals surface area contributed by atoms with Crippen LogP contribution in [-0.2, 0) is 4.79 Å². The number of benzene rings is 1. The van der Waals surface area contributed by atoms with Crippen molar-refractivity contribution < 1.29 is 19.4 Å². The fraction of sp³-hybridized carbons (Fsp3) is 0.619. The Balaban J connectivity index is 1.45. The Labute approximate surface area is 160 Å². The zero-order valence-corrected chi connectivity index (χ0v) is 16.1. The summed E-state index contributed by atoms with van der Waals surface area (Å²) in [5.74, 6) is 0.707. The summed E-state index contributed by atoms with van der Waals surface area (Å²) in [7, 11) is 0. The molecule has 1 saturated heterocycles. The molecule has 1 aliphatic heterocycles. The van der Waals surface area contributed by atoms with E-state index in [0.29, 0.717) is 25.3 Å². The molecule has 6 nitrogen and oxygen atoms in total. The van der Waals surface area contributed by atoms with E-state index < -0.39 is 5.60 Å². The van der Waals surface area contributed by atoms with Gasteiger partial charge in [-0.2, -0.15) is 0 Å². The van der Waals surface area contributed by atoms with Crippen molar-refractivity contribution >= 4 is 11.8 Å². The van der Waals surface area contributed by atoms with E-state index in [2.05, 4.69) is 5.32 Å². The molecule has 1 aromatic carbocycles. The first kappa shape index (κ1) is 19.7. The summed E-state index contributed by atoms with van der Waals surface area (Å²) in [6.45, 7) is 3.78. The van der Waals surface area contributed by atoms with Crippen LogP contribution < -0.4 is 10.1 Å². The summed E-state index contributed by atoms with van der Waals surface area (Å²) in [6.07, 6.45) is 5.11. The maximum absolute atomic E-state index is 12.6. The van der Waals surface area contributed by atoms with Gasteiger partial charge in [-0.05, 0) is 56.9 Å². The number of piperidine rings is 1. The Bertz CT molecular complexity index is 645. The minimum atomic E-state index is -0.811. The van der Waals surface area contributed by atoms with Crippen LogP contribution >= 0.6 is 0 Å². The number of aliphatic hydroxyl groups is 1.